The van der Waals surface area contributed by atoms with Gasteiger partial charge in [-0.05, 0) is 26.0 Å². The van der Waals surface area contributed by atoms with Crippen LogP contribution in [0.4, 0.5) is 0 Å². The van der Waals surface area contributed by atoms with Crippen molar-refractivity contribution in [2.45, 2.75) is 23.2 Å². The Morgan fingerprint density at radius 2 is 2.10 bits per heavy atom. The molecule has 112 valence electrons. The van der Waals surface area contributed by atoms with Gasteiger partial charge in [0.1, 0.15) is 10.5 Å². The molecule has 0 radical (unpaired) electrons. The summed E-state index contributed by atoms with van der Waals surface area (Å²) in [5, 5.41) is 12.1. The van der Waals surface area contributed by atoms with E-state index in [1.54, 1.807) is 30.1 Å². The first kappa shape index (κ1) is 15.9. The molecule has 0 spiro atoms. The molecule has 7 heteroatoms. The van der Waals surface area contributed by atoms with Gasteiger partial charge in [-0.3, -0.25) is 4.79 Å². The van der Waals surface area contributed by atoms with Gasteiger partial charge in [0.2, 0.25) is 5.91 Å². The lowest BCUT2D eigenvalue weighted by Gasteiger charge is -2.30. The highest BCUT2D eigenvalue weighted by Gasteiger charge is 2.36. The van der Waals surface area contributed by atoms with Gasteiger partial charge in [0.25, 0.3) is 0 Å². The number of aromatic nitrogens is 2. The molecule has 5 nitrogen and oxygen atoms in total. The van der Waals surface area contributed by atoms with Crippen molar-refractivity contribution in [1.82, 2.24) is 15.5 Å². The lowest BCUT2D eigenvalue weighted by Crippen LogP contribution is -2.51. The summed E-state index contributed by atoms with van der Waals surface area (Å²) in [5.74, 6) is 0.359. The summed E-state index contributed by atoms with van der Waals surface area (Å²) in [4.78, 5) is 12.0. The van der Waals surface area contributed by atoms with Gasteiger partial charge >= 0.3 is 0 Å². The van der Waals surface area contributed by atoms with E-state index in [1.165, 1.54) is 0 Å². The standard InChI is InChI=1S/C14H18N4OS2/c1-10-17-18-13(21-10)20-9-8-14(16-2,12(15)19)11-6-4-3-5-7-11/h3-7,16H,8-9H2,1-2H3,(H2,15,19). The van der Waals surface area contributed by atoms with Crippen molar-refractivity contribution >= 4 is 29.0 Å². The Morgan fingerprint density at radius 3 is 2.62 bits per heavy atom. The molecule has 0 fully saturated rings. The van der Waals surface area contributed by atoms with Crippen molar-refractivity contribution in [1.29, 1.82) is 0 Å². The number of nitrogens with one attached hydrogen (secondary N) is 1. The molecule has 1 aromatic carbocycles. The lowest BCUT2D eigenvalue weighted by atomic mass is 9.86. The van der Waals surface area contributed by atoms with Crippen LogP contribution in [0, 0.1) is 6.92 Å². The van der Waals surface area contributed by atoms with Crippen LogP contribution in [-0.2, 0) is 10.3 Å². The van der Waals surface area contributed by atoms with Gasteiger partial charge in [-0.2, -0.15) is 0 Å². The second kappa shape index (κ2) is 7.02. The van der Waals surface area contributed by atoms with Crippen LogP contribution in [-0.4, -0.2) is 28.9 Å². The highest BCUT2D eigenvalue weighted by atomic mass is 32.2. The maximum atomic E-state index is 12.0. The molecular weight excluding hydrogens is 304 g/mol. The van der Waals surface area contributed by atoms with Crippen molar-refractivity contribution in [3.05, 3.63) is 40.9 Å². The molecule has 2 aromatic rings. The number of aryl methyl sites for hydroxylation is 1. The monoisotopic (exact) mass is 322 g/mol. The van der Waals surface area contributed by atoms with Crippen molar-refractivity contribution in [3.63, 3.8) is 0 Å². The normalized spacial score (nSPS) is 13.8. The van der Waals surface area contributed by atoms with E-state index in [4.69, 9.17) is 5.73 Å². The van der Waals surface area contributed by atoms with Gasteiger partial charge in [-0.1, -0.05) is 53.4 Å². The number of carbonyl (C=O) groups is 1. The Bertz CT molecular complexity index is 602. The quantitative estimate of drug-likeness (QED) is 0.761. The van der Waals surface area contributed by atoms with Crippen LogP contribution in [0.1, 0.15) is 17.0 Å². The summed E-state index contributed by atoms with van der Waals surface area (Å²) < 4.78 is 0.912. The first-order chi connectivity index (χ1) is 10.1. The number of hydrogen-bond acceptors (Lipinski definition) is 6. The van der Waals surface area contributed by atoms with Crippen molar-refractivity contribution in [3.8, 4) is 0 Å². The zero-order valence-electron chi connectivity index (χ0n) is 12.0. The Kier molecular flexibility index (Phi) is 5.33. The number of thioether (sulfide) groups is 1. The molecule has 0 bridgehead atoms. The number of benzene rings is 1. The maximum absolute atomic E-state index is 12.0. The third kappa shape index (κ3) is 3.61. The van der Waals surface area contributed by atoms with Crippen LogP contribution in [0.15, 0.2) is 34.7 Å². The molecule has 2 rings (SSSR count). The number of carbonyl (C=O) groups excluding carboxylic acids is 1. The summed E-state index contributed by atoms with van der Waals surface area (Å²) in [6, 6.07) is 9.57. The van der Waals surface area contributed by atoms with Crippen LogP contribution in [0.5, 0.6) is 0 Å². The molecule has 1 unspecified atom stereocenters. The fraction of sp³-hybridized carbons (Fsp3) is 0.357. The van der Waals surface area contributed by atoms with E-state index in [0.29, 0.717) is 6.42 Å². The summed E-state index contributed by atoms with van der Waals surface area (Å²) >= 11 is 3.15. The summed E-state index contributed by atoms with van der Waals surface area (Å²) in [6.07, 6.45) is 0.589. The number of rotatable bonds is 7. The molecule has 3 N–H and O–H groups in total. The van der Waals surface area contributed by atoms with Gasteiger partial charge in [0.05, 0.1) is 0 Å². The fourth-order valence-corrected chi connectivity index (χ4v) is 4.10. The van der Waals surface area contributed by atoms with Gasteiger partial charge < -0.3 is 11.1 Å². The largest absolute Gasteiger partial charge is 0.368 e. The minimum Gasteiger partial charge on any atom is -0.368 e. The maximum Gasteiger partial charge on any atom is 0.242 e. The minimum absolute atomic E-state index is 0.370. The molecule has 0 aliphatic rings. The van der Waals surface area contributed by atoms with E-state index >= 15 is 0 Å². The van der Waals surface area contributed by atoms with Crippen molar-refractivity contribution in [2.24, 2.45) is 5.73 Å². The van der Waals surface area contributed by atoms with E-state index in [0.717, 1.165) is 20.7 Å². The van der Waals surface area contributed by atoms with E-state index in [1.807, 2.05) is 37.3 Å². The van der Waals surface area contributed by atoms with E-state index < -0.39 is 5.54 Å². The summed E-state index contributed by atoms with van der Waals surface area (Å²) in [6.45, 7) is 1.92. The van der Waals surface area contributed by atoms with Crippen molar-refractivity contribution < 1.29 is 4.79 Å². The zero-order chi connectivity index (χ0) is 15.3. The lowest BCUT2D eigenvalue weighted by molar-refractivity contribution is -0.124. The van der Waals surface area contributed by atoms with Crippen LogP contribution < -0.4 is 11.1 Å². The zero-order valence-corrected chi connectivity index (χ0v) is 13.6. The predicted octanol–water partition coefficient (Wildman–Crippen LogP) is 1.93. The summed E-state index contributed by atoms with van der Waals surface area (Å²) in [7, 11) is 1.76. The van der Waals surface area contributed by atoms with Gasteiger partial charge in [0.15, 0.2) is 4.34 Å². The average molecular weight is 322 g/mol. The number of nitrogens with two attached hydrogens (primary N) is 1. The summed E-state index contributed by atoms with van der Waals surface area (Å²) in [5.41, 5.74) is 5.69. The number of hydrogen-bond donors (Lipinski definition) is 2. The fourth-order valence-electron chi connectivity index (χ4n) is 2.15. The Labute approximate surface area is 132 Å². The van der Waals surface area contributed by atoms with Crippen LogP contribution in [0.25, 0.3) is 0 Å². The third-order valence-electron chi connectivity index (χ3n) is 3.32. The van der Waals surface area contributed by atoms with Crippen molar-refractivity contribution in [2.75, 3.05) is 12.8 Å². The Morgan fingerprint density at radius 1 is 1.38 bits per heavy atom. The first-order valence-corrected chi connectivity index (χ1v) is 8.36. The SMILES string of the molecule is CNC(CCSc1nnc(C)s1)(C(N)=O)c1ccccc1. The van der Waals surface area contributed by atoms with Gasteiger partial charge in [-0.15, -0.1) is 10.2 Å². The number of amides is 1. The second-order valence-electron chi connectivity index (χ2n) is 4.57. The molecular formula is C14H18N4OS2. The molecule has 0 aliphatic carbocycles. The van der Waals surface area contributed by atoms with Gasteiger partial charge in [-0.25, -0.2) is 0 Å². The average Bonchev–Trinajstić information content (AvgIpc) is 2.90. The Balaban J connectivity index is 2.12. The third-order valence-corrected chi connectivity index (χ3v) is 5.30. The molecule has 0 saturated heterocycles. The minimum atomic E-state index is -0.853. The molecule has 1 amide bonds. The topological polar surface area (TPSA) is 80.9 Å². The molecule has 0 saturated carbocycles. The second-order valence-corrected chi connectivity index (χ2v) is 7.09. The van der Waals surface area contributed by atoms with Crippen LogP contribution in [0.3, 0.4) is 0 Å². The molecule has 0 aliphatic heterocycles. The smallest absolute Gasteiger partial charge is 0.242 e. The molecule has 1 aromatic heterocycles. The highest BCUT2D eigenvalue weighted by Crippen LogP contribution is 2.29. The van der Waals surface area contributed by atoms with Crippen LogP contribution >= 0.6 is 23.1 Å². The Hall–Kier alpha value is -1.44. The van der Waals surface area contributed by atoms with Gasteiger partial charge in [0, 0.05) is 5.75 Å². The number of primary amides is 1. The van der Waals surface area contributed by atoms with E-state index in [2.05, 4.69) is 15.5 Å². The first-order valence-electron chi connectivity index (χ1n) is 6.56. The highest BCUT2D eigenvalue weighted by molar-refractivity contribution is 8.01. The number of nitrogens with zero attached hydrogens (tertiary/aromatic N) is 2. The molecule has 1 atom stereocenters. The molecule has 21 heavy (non-hydrogen) atoms. The molecule has 1 heterocycles. The van der Waals surface area contributed by atoms with Crippen LogP contribution in [0.2, 0.25) is 0 Å². The number of likely N-dealkylation sites (N-methyl/N-ethyl adjacent to an activating group) is 1. The predicted molar refractivity (Wildman–Crippen MR) is 86.4 cm³/mol. The van der Waals surface area contributed by atoms with E-state index in [9.17, 15) is 4.79 Å². The van der Waals surface area contributed by atoms with E-state index in [-0.39, 0.29) is 5.91 Å².